The van der Waals surface area contributed by atoms with Crippen LogP contribution in [0.5, 0.6) is 11.5 Å². The summed E-state index contributed by atoms with van der Waals surface area (Å²) in [6, 6.07) is 7.41. The van der Waals surface area contributed by atoms with E-state index in [1.807, 2.05) is 36.6 Å². The summed E-state index contributed by atoms with van der Waals surface area (Å²) < 4.78 is 11.1. The van der Waals surface area contributed by atoms with Crippen LogP contribution < -0.4 is 9.47 Å². The van der Waals surface area contributed by atoms with E-state index in [-0.39, 0.29) is 13.2 Å². The Hall–Kier alpha value is -1.59. The largest absolute Gasteiger partial charge is 0.487 e. The van der Waals surface area contributed by atoms with Crippen molar-refractivity contribution < 1.29 is 14.6 Å². The molecule has 1 aromatic carbocycles. The van der Waals surface area contributed by atoms with E-state index in [1.165, 1.54) is 0 Å². The monoisotopic (exact) mass is 265 g/mol. The van der Waals surface area contributed by atoms with Gasteiger partial charge in [0.15, 0.2) is 11.5 Å². The molecule has 4 nitrogen and oxygen atoms in total. The minimum Gasteiger partial charge on any atom is -0.487 e. The van der Waals surface area contributed by atoms with Crippen molar-refractivity contribution in [3.63, 3.8) is 0 Å². The molecule has 0 radical (unpaired) electrons. The Morgan fingerprint density at radius 1 is 1.22 bits per heavy atom. The lowest BCUT2D eigenvalue weighted by Gasteiger charge is -2.10. The van der Waals surface area contributed by atoms with Crippen LogP contribution in [-0.4, -0.2) is 23.3 Å². The lowest BCUT2D eigenvalue weighted by molar-refractivity contribution is 0.192. The third kappa shape index (κ3) is 3.45. The number of hydrogen-bond acceptors (Lipinski definition) is 5. The van der Waals surface area contributed by atoms with Gasteiger partial charge in [0.1, 0.15) is 13.2 Å². The zero-order valence-electron chi connectivity index (χ0n) is 10.1. The third-order valence-electron chi connectivity index (χ3n) is 2.24. The standard InChI is InChI=1S/C13H15NO3S/c1-10-14-11(9-18-10)8-17-13-5-3-2-4-12(13)16-7-6-15/h2-5,9,15H,6-8H2,1H3. The average Bonchev–Trinajstić information content (AvgIpc) is 2.81. The predicted molar refractivity (Wildman–Crippen MR) is 70.2 cm³/mol. The number of nitrogens with zero attached hydrogens (tertiary/aromatic N) is 1. The molecule has 1 aromatic heterocycles. The van der Waals surface area contributed by atoms with Gasteiger partial charge in [0.2, 0.25) is 0 Å². The second-order valence-corrected chi connectivity index (χ2v) is 4.73. The van der Waals surface area contributed by atoms with Crippen LogP contribution >= 0.6 is 11.3 Å². The smallest absolute Gasteiger partial charge is 0.161 e. The molecule has 0 bridgehead atoms. The van der Waals surface area contributed by atoms with Gasteiger partial charge in [0.05, 0.1) is 17.3 Å². The van der Waals surface area contributed by atoms with Crippen molar-refractivity contribution in [3.8, 4) is 11.5 Å². The zero-order chi connectivity index (χ0) is 12.8. The molecule has 0 spiro atoms. The second-order valence-electron chi connectivity index (χ2n) is 3.67. The molecule has 5 heteroatoms. The van der Waals surface area contributed by atoms with Crippen molar-refractivity contribution in [2.24, 2.45) is 0 Å². The van der Waals surface area contributed by atoms with Crippen LogP contribution in [0, 0.1) is 6.92 Å². The molecule has 0 amide bonds. The fourth-order valence-electron chi connectivity index (χ4n) is 1.47. The molecule has 0 unspecified atom stereocenters. The van der Waals surface area contributed by atoms with Crippen molar-refractivity contribution in [3.05, 3.63) is 40.3 Å². The number of thiazole rings is 1. The highest BCUT2D eigenvalue weighted by Gasteiger charge is 2.05. The van der Waals surface area contributed by atoms with Crippen LogP contribution in [0.3, 0.4) is 0 Å². The molecule has 1 N–H and O–H groups in total. The first kappa shape index (κ1) is 12.9. The van der Waals surface area contributed by atoms with Crippen LogP contribution in [0.4, 0.5) is 0 Å². The molecule has 96 valence electrons. The van der Waals surface area contributed by atoms with Gasteiger partial charge in [0, 0.05) is 5.38 Å². The molecule has 0 atom stereocenters. The van der Waals surface area contributed by atoms with Crippen molar-refractivity contribution in [1.82, 2.24) is 4.98 Å². The summed E-state index contributed by atoms with van der Waals surface area (Å²) in [6.45, 7) is 2.63. The maximum Gasteiger partial charge on any atom is 0.161 e. The number of aliphatic hydroxyl groups is 1. The van der Waals surface area contributed by atoms with E-state index < -0.39 is 0 Å². The maximum atomic E-state index is 8.75. The predicted octanol–water partition coefficient (Wildman–Crippen LogP) is 2.40. The van der Waals surface area contributed by atoms with E-state index in [0.29, 0.717) is 18.1 Å². The van der Waals surface area contributed by atoms with E-state index in [9.17, 15) is 0 Å². The van der Waals surface area contributed by atoms with Crippen molar-refractivity contribution in [1.29, 1.82) is 0 Å². The molecular formula is C13H15NO3S. The van der Waals surface area contributed by atoms with E-state index in [1.54, 1.807) is 11.3 Å². The Balaban J connectivity index is 1.99. The zero-order valence-corrected chi connectivity index (χ0v) is 10.9. The molecule has 0 saturated heterocycles. The summed E-state index contributed by atoms with van der Waals surface area (Å²) in [6.07, 6.45) is 0. The van der Waals surface area contributed by atoms with E-state index in [2.05, 4.69) is 4.98 Å². The van der Waals surface area contributed by atoms with Gasteiger partial charge in [0.25, 0.3) is 0 Å². The lowest BCUT2D eigenvalue weighted by Crippen LogP contribution is -2.04. The number of aromatic nitrogens is 1. The van der Waals surface area contributed by atoms with Gasteiger partial charge >= 0.3 is 0 Å². The van der Waals surface area contributed by atoms with Crippen molar-refractivity contribution >= 4 is 11.3 Å². The highest BCUT2D eigenvalue weighted by Crippen LogP contribution is 2.27. The maximum absolute atomic E-state index is 8.75. The molecule has 0 saturated carbocycles. The molecule has 0 aliphatic rings. The fraction of sp³-hybridized carbons (Fsp3) is 0.308. The van der Waals surface area contributed by atoms with Crippen molar-refractivity contribution in [2.45, 2.75) is 13.5 Å². The quantitative estimate of drug-likeness (QED) is 0.871. The number of para-hydroxylation sites is 2. The normalized spacial score (nSPS) is 10.3. The second kappa shape index (κ2) is 6.37. The summed E-state index contributed by atoms with van der Waals surface area (Å²) >= 11 is 1.60. The summed E-state index contributed by atoms with van der Waals surface area (Å²) in [7, 11) is 0. The van der Waals surface area contributed by atoms with Gasteiger partial charge in [-0.3, -0.25) is 0 Å². The molecule has 0 aliphatic carbocycles. The molecule has 0 fully saturated rings. The van der Waals surface area contributed by atoms with Gasteiger partial charge in [-0.15, -0.1) is 11.3 Å². The third-order valence-corrected chi connectivity index (χ3v) is 3.06. The van der Waals surface area contributed by atoms with Crippen LogP contribution in [0.1, 0.15) is 10.7 Å². The number of rotatable bonds is 6. The number of aliphatic hydroxyl groups excluding tert-OH is 1. The van der Waals surface area contributed by atoms with Gasteiger partial charge < -0.3 is 14.6 Å². The van der Waals surface area contributed by atoms with Gasteiger partial charge in [-0.1, -0.05) is 12.1 Å². The number of aryl methyl sites for hydroxylation is 1. The molecule has 2 aromatic rings. The van der Waals surface area contributed by atoms with Crippen molar-refractivity contribution in [2.75, 3.05) is 13.2 Å². The lowest BCUT2D eigenvalue weighted by atomic mass is 10.3. The van der Waals surface area contributed by atoms with Crippen LogP contribution in [0.2, 0.25) is 0 Å². The highest BCUT2D eigenvalue weighted by molar-refractivity contribution is 7.09. The summed E-state index contributed by atoms with van der Waals surface area (Å²) in [5.41, 5.74) is 0.912. The molecule has 18 heavy (non-hydrogen) atoms. The first-order valence-corrected chi connectivity index (χ1v) is 6.54. The highest BCUT2D eigenvalue weighted by atomic mass is 32.1. The number of ether oxygens (including phenoxy) is 2. The fourth-order valence-corrected chi connectivity index (χ4v) is 2.07. The Morgan fingerprint density at radius 3 is 2.56 bits per heavy atom. The van der Waals surface area contributed by atoms with Gasteiger partial charge in [-0.25, -0.2) is 4.98 Å². The minimum atomic E-state index is -0.0143. The Labute approximate surface area is 110 Å². The van der Waals surface area contributed by atoms with E-state index in [0.717, 1.165) is 10.7 Å². The number of hydrogen-bond donors (Lipinski definition) is 1. The average molecular weight is 265 g/mol. The van der Waals surface area contributed by atoms with E-state index in [4.69, 9.17) is 14.6 Å². The first-order chi connectivity index (χ1) is 8.79. The summed E-state index contributed by atoms with van der Waals surface area (Å²) in [4.78, 5) is 4.33. The SMILES string of the molecule is Cc1nc(COc2ccccc2OCCO)cs1. The molecular weight excluding hydrogens is 250 g/mol. The summed E-state index contributed by atoms with van der Waals surface area (Å²) in [5, 5.41) is 11.8. The molecule has 0 aliphatic heterocycles. The van der Waals surface area contributed by atoms with Crippen LogP contribution in [-0.2, 0) is 6.61 Å². The van der Waals surface area contributed by atoms with E-state index >= 15 is 0 Å². The minimum absolute atomic E-state index is 0.0143. The summed E-state index contributed by atoms with van der Waals surface area (Å²) in [5.74, 6) is 1.30. The van der Waals surface area contributed by atoms with Gasteiger partial charge in [-0.05, 0) is 19.1 Å². The Kier molecular flexibility index (Phi) is 4.55. The molecule has 2 rings (SSSR count). The number of benzene rings is 1. The Morgan fingerprint density at radius 2 is 1.94 bits per heavy atom. The van der Waals surface area contributed by atoms with Crippen LogP contribution in [0.25, 0.3) is 0 Å². The van der Waals surface area contributed by atoms with Gasteiger partial charge in [-0.2, -0.15) is 0 Å². The van der Waals surface area contributed by atoms with Crippen LogP contribution in [0.15, 0.2) is 29.6 Å². The first-order valence-electron chi connectivity index (χ1n) is 5.66. The molecule has 1 heterocycles. The Bertz CT molecular complexity index is 498. The topological polar surface area (TPSA) is 51.6 Å².